The number of nitrogens with one attached hydrogen (secondary N) is 1. The number of nitrogens with two attached hydrogens (primary N) is 1. The fourth-order valence-corrected chi connectivity index (χ4v) is 5.49. The van der Waals surface area contributed by atoms with Crippen LogP contribution in [-0.2, 0) is 12.1 Å². The number of primary amides is 1. The zero-order chi connectivity index (χ0) is 27.6. The molecule has 0 saturated carbocycles. The van der Waals surface area contributed by atoms with Gasteiger partial charge >= 0.3 is 0 Å². The summed E-state index contributed by atoms with van der Waals surface area (Å²) in [6.07, 6.45) is 1.66. The number of hydrogen-bond donors (Lipinski definition) is 3. The molecule has 2 amide bonds. The molecule has 2 aromatic heterocycles. The summed E-state index contributed by atoms with van der Waals surface area (Å²) in [5.74, 6) is -0.0746. The normalized spacial score (nSPS) is 13.4. The quantitative estimate of drug-likeness (QED) is 0.295. The van der Waals surface area contributed by atoms with Crippen LogP contribution < -0.4 is 15.4 Å². The Morgan fingerprint density at radius 1 is 1.10 bits per heavy atom. The number of ether oxygens (including phenoxy) is 1. The number of anilines is 1. The second kappa shape index (κ2) is 8.68. The maximum atomic E-state index is 13.4. The monoisotopic (exact) mass is 520 g/mol. The molecule has 1 aliphatic heterocycles. The van der Waals surface area contributed by atoms with Crippen LogP contribution in [0.25, 0.3) is 32.9 Å². The number of aromatic amines is 1. The lowest BCUT2D eigenvalue weighted by Gasteiger charge is -2.21. The van der Waals surface area contributed by atoms with Crippen LogP contribution in [-0.4, -0.2) is 34.0 Å². The predicted molar refractivity (Wildman–Crippen MR) is 151 cm³/mol. The lowest BCUT2D eigenvalue weighted by atomic mass is 9.94. The Bertz CT molecular complexity index is 1830. The first kappa shape index (κ1) is 24.6. The maximum Gasteiger partial charge on any atom is 0.269 e. The SMILES string of the molecule is COc1ccc2c(c1)C(=O)N(c1cccc(-c3cnc(C(N)=O)c4[nH]c5cc(C(C)(C)O)ccc5c34)c1C)C2. The van der Waals surface area contributed by atoms with Gasteiger partial charge in [-0.3, -0.25) is 9.59 Å². The van der Waals surface area contributed by atoms with E-state index in [0.717, 1.165) is 49.8 Å². The molecule has 0 aliphatic carbocycles. The van der Waals surface area contributed by atoms with E-state index in [-0.39, 0.29) is 11.6 Å². The Morgan fingerprint density at radius 3 is 2.62 bits per heavy atom. The highest BCUT2D eigenvalue weighted by Crippen LogP contribution is 2.41. The molecule has 8 nitrogen and oxygen atoms in total. The van der Waals surface area contributed by atoms with E-state index in [1.54, 1.807) is 38.1 Å². The number of H-pyrrole nitrogens is 1. The summed E-state index contributed by atoms with van der Waals surface area (Å²) in [6, 6.07) is 17.1. The van der Waals surface area contributed by atoms with Crippen molar-refractivity contribution in [2.24, 2.45) is 5.73 Å². The number of rotatable bonds is 5. The molecule has 0 atom stereocenters. The van der Waals surface area contributed by atoms with Gasteiger partial charge in [0.15, 0.2) is 5.69 Å². The highest BCUT2D eigenvalue weighted by Gasteiger charge is 2.31. The summed E-state index contributed by atoms with van der Waals surface area (Å²) < 4.78 is 5.32. The van der Waals surface area contributed by atoms with E-state index in [2.05, 4.69) is 9.97 Å². The molecule has 3 heterocycles. The van der Waals surface area contributed by atoms with Crippen LogP contribution in [0.15, 0.2) is 60.8 Å². The third-order valence-corrected chi connectivity index (χ3v) is 7.57. The lowest BCUT2D eigenvalue weighted by molar-refractivity contribution is 0.0787. The summed E-state index contributed by atoms with van der Waals surface area (Å²) in [4.78, 5) is 35.2. The van der Waals surface area contributed by atoms with E-state index < -0.39 is 11.5 Å². The summed E-state index contributed by atoms with van der Waals surface area (Å²) >= 11 is 0. The van der Waals surface area contributed by atoms with Gasteiger partial charge in [0.1, 0.15) is 5.75 Å². The van der Waals surface area contributed by atoms with Crippen molar-refractivity contribution in [3.63, 3.8) is 0 Å². The van der Waals surface area contributed by atoms with Gasteiger partial charge in [-0.1, -0.05) is 30.3 Å². The van der Waals surface area contributed by atoms with E-state index in [0.29, 0.717) is 23.4 Å². The first-order chi connectivity index (χ1) is 18.6. The number of fused-ring (bicyclic) bond motifs is 4. The van der Waals surface area contributed by atoms with Crippen LogP contribution in [0.5, 0.6) is 5.75 Å². The van der Waals surface area contributed by atoms with Crippen molar-refractivity contribution in [3.8, 4) is 16.9 Å². The Kier molecular flexibility index (Phi) is 5.48. The summed E-state index contributed by atoms with van der Waals surface area (Å²) in [5.41, 5.74) is 11.8. The Labute approximate surface area is 225 Å². The standard InChI is InChI=1S/C31H28N4O4/c1-16-20(6-5-7-25(16)35-15-17-8-10-19(39-4)13-22(17)30(35)37)23-14-33-28(29(32)36)27-26(23)21-11-9-18(31(2,3)38)12-24(21)34-27/h5-14,34,38H,15H2,1-4H3,(H2,32,36). The second-order valence-corrected chi connectivity index (χ2v) is 10.4. The minimum atomic E-state index is -1.03. The van der Waals surface area contributed by atoms with Crippen LogP contribution in [0.2, 0.25) is 0 Å². The Morgan fingerprint density at radius 2 is 1.90 bits per heavy atom. The predicted octanol–water partition coefficient (Wildman–Crippen LogP) is 5.19. The molecule has 0 saturated heterocycles. The molecule has 0 bridgehead atoms. The third-order valence-electron chi connectivity index (χ3n) is 7.57. The first-order valence-electron chi connectivity index (χ1n) is 12.6. The average molecular weight is 521 g/mol. The van der Waals surface area contributed by atoms with Crippen LogP contribution in [0.3, 0.4) is 0 Å². The number of hydrogen-bond acceptors (Lipinski definition) is 5. The Balaban J connectivity index is 1.54. The van der Waals surface area contributed by atoms with Crippen molar-refractivity contribution >= 4 is 39.3 Å². The fraction of sp³-hybridized carbons (Fsp3) is 0.194. The van der Waals surface area contributed by atoms with Crippen molar-refractivity contribution in [2.75, 3.05) is 12.0 Å². The van der Waals surface area contributed by atoms with Gasteiger partial charge in [0.2, 0.25) is 0 Å². The topological polar surface area (TPSA) is 122 Å². The van der Waals surface area contributed by atoms with Crippen molar-refractivity contribution in [3.05, 3.63) is 88.7 Å². The van der Waals surface area contributed by atoms with Crippen molar-refractivity contribution in [1.82, 2.24) is 9.97 Å². The van der Waals surface area contributed by atoms with Crippen molar-refractivity contribution in [2.45, 2.75) is 32.9 Å². The van der Waals surface area contributed by atoms with E-state index in [1.165, 1.54) is 0 Å². The van der Waals surface area contributed by atoms with Crippen LogP contribution in [0.1, 0.15) is 51.4 Å². The highest BCUT2D eigenvalue weighted by atomic mass is 16.5. The molecule has 5 aromatic rings. The highest BCUT2D eigenvalue weighted by molar-refractivity contribution is 6.19. The molecule has 39 heavy (non-hydrogen) atoms. The minimum absolute atomic E-state index is 0.0808. The van der Waals surface area contributed by atoms with E-state index in [1.807, 2.05) is 55.5 Å². The number of carbonyl (C=O) groups excluding carboxylic acids is 2. The van der Waals surface area contributed by atoms with Crippen molar-refractivity contribution < 1.29 is 19.4 Å². The second-order valence-electron chi connectivity index (χ2n) is 10.4. The number of methoxy groups -OCH3 is 1. The molecule has 4 N–H and O–H groups in total. The molecule has 6 rings (SSSR count). The fourth-order valence-electron chi connectivity index (χ4n) is 5.49. The molecule has 1 aliphatic rings. The van der Waals surface area contributed by atoms with Gasteiger partial charge in [0.05, 0.1) is 24.8 Å². The van der Waals surface area contributed by atoms with E-state index in [9.17, 15) is 14.7 Å². The third kappa shape index (κ3) is 3.83. The van der Waals surface area contributed by atoms with Gasteiger partial charge in [-0.2, -0.15) is 0 Å². The molecule has 0 unspecified atom stereocenters. The van der Waals surface area contributed by atoms with Gasteiger partial charge in [-0.15, -0.1) is 0 Å². The maximum absolute atomic E-state index is 13.4. The number of benzene rings is 3. The Hall–Kier alpha value is -4.69. The molecule has 8 heteroatoms. The summed E-state index contributed by atoms with van der Waals surface area (Å²) in [5, 5.41) is 12.2. The van der Waals surface area contributed by atoms with Crippen LogP contribution in [0, 0.1) is 6.92 Å². The molecule has 0 spiro atoms. The van der Waals surface area contributed by atoms with Crippen LogP contribution in [0.4, 0.5) is 5.69 Å². The molecule has 3 aromatic carbocycles. The smallest absolute Gasteiger partial charge is 0.269 e. The molecule has 0 fully saturated rings. The van der Waals surface area contributed by atoms with E-state index >= 15 is 0 Å². The number of aromatic nitrogens is 2. The number of carbonyl (C=O) groups is 2. The molecule has 0 radical (unpaired) electrons. The summed E-state index contributed by atoms with van der Waals surface area (Å²) in [7, 11) is 1.58. The van der Waals surface area contributed by atoms with Crippen LogP contribution >= 0.6 is 0 Å². The molecule has 196 valence electrons. The molecular formula is C31H28N4O4. The number of aliphatic hydroxyl groups is 1. The van der Waals surface area contributed by atoms with Gasteiger partial charge < -0.3 is 25.5 Å². The number of nitrogens with zero attached hydrogens (tertiary/aromatic N) is 2. The van der Waals surface area contributed by atoms with Gasteiger partial charge in [0.25, 0.3) is 11.8 Å². The van der Waals surface area contributed by atoms with Gasteiger partial charge in [-0.05, 0) is 67.3 Å². The first-order valence-corrected chi connectivity index (χ1v) is 12.6. The largest absolute Gasteiger partial charge is 0.497 e. The lowest BCUT2D eigenvalue weighted by Crippen LogP contribution is -2.24. The number of amides is 2. The zero-order valence-corrected chi connectivity index (χ0v) is 22.1. The van der Waals surface area contributed by atoms with Gasteiger partial charge in [0, 0.05) is 39.3 Å². The zero-order valence-electron chi connectivity index (χ0n) is 22.1. The van der Waals surface area contributed by atoms with Gasteiger partial charge in [-0.25, -0.2) is 4.98 Å². The average Bonchev–Trinajstić information content (AvgIpc) is 3.45. The minimum Gasteiger partial charge on any atom is -0.497 e. The molecular weight excluding hydrogens is 492 g/mol. The number of pyridine rings is 1. The summed E-state index contributed by atoms with van der Waals surface area (Å²) in [6.45, 7) is 5.89. The van der Waals surface area contributed by atoms with E-state index in [4.69, 9.17) is 10.5 Å². The van der Waals surface area contributed by atoms with Crippen molar-refractivity contribution in [1.29, 1.82) is 0 Å².